The van der Waals surface area contributed by atoms with Crippen LogP contribution in [0.4, 0.5) is 0 Å². The van der Waals surface area contributed by atoms with Crippen LogP contribution in [0, 0.1) is 0 Å². The van der Waals surface area contributed by atoms with Crippen molar-refractivity contribution in [1.82, 2.24) is 4.90 Å². The van der Waals surface area contributed by atoms with E-state index in [1.54, 1.807) is 25.0 Å². The molecule has 1 fully saturated rings. The fourth-order valence-electron chi connectivity index (χ4n) is 3.05. The van der Waals surface area contributed by atoms with Crippen LogP contribution in [0.5, 0.6) is 17.2 Å². The first-order chi connectivity index (χ1) is 12.4. The van der Waals surface area contributed by atoms with E-state index in [0.29, 0.717) is 30.2 Å². The van der Waals surface area contributed by atoms with Crippen molar-refractivity contribution in [2.24, 2.45) is 0 Å². The third-order valence-corrected chi connectivity index (χ3v) is 4.28. The average molecular weight is 367 g/mol. The van der Waals surface area contributed by atoms with Crippen molar-refractivity contribution < 1.29 is 33.6 Å². The molecule has 0 aromatic heterocycles. The summed E-state index contributed by atoms with van der Waals surface area (Å²) in [5, 5.41) is 9.13. The van der Waals surface area contributed by atoms with E-state index in [2.05, 4.69) is 0 Å². The first-order valence-electron chi connectivity index (χ1n) is 8.35. The summed E-state index contributed by atoms with van der Waals surface area (Å²) in [6.07, 6.45) is -0.640. The Balaban J connectivity index is 2.08. The predicted octanol–water partition coefficient (Wildman–Crippen LogP) is 1.35. The highest BCUT2D eigenvalue weighted by Crippen LogP contribution is 2.40. The number of morpholine rings is 1. The molecule has 0 spiro atoms. The summed E-state index contributed by atoms with van der Waals surface area (Å²) in [6, 6.07) is 3.59. The molecule has 8 heteroatoms. The number of aliphatic carboxylic acids is 1. The van der Waals surface area contributed by atoms with E-state index in [4.69, 9.17) is 24.1 Å². The van der Waals surface area contributed by atoms with Gasteiger partial charge in [0.2, 0.25) is 11.7 Å². The van der Waals surface area contributed by atoms with Gasteiger partial charge in [-0.1, -0.05) is 6.07 Å². The molecule has 1 aromatic rings. The maximum absolute atomic E-state index is 12.5. The van der Waals surface area contributed by atoms with Gasteiger partial charge in [-0.05, 0) is 25.0 Å². The molecule has 0 bridgehead atoms. The topological polar surface area (TPSA) is 94.5 Å². The molecule has 1 saturated heterocycles. The first-order valence-corrected chi connectivity index (χ1v) is 8.35. The van der Waals surface area contributed by atoms with Crippen LogP contribution in [-0.4, -0.2) is 68.5 Å². The maximum Gasteiger partial charge on any atom is 0.334 e. The van der Waals surface area contributed by atoms with Gasteiger partial charge < -0.3 is 29.0 Å². The molecule has 1 amide bonds. The van der Waals surface area contributed by atoms with Gasteiger partial charge in [-0.15, -0.1) is 0 Å². The van der Waals surface area contributed by atoms with E-state index in [-0.39, 0.29) is 25.0 Å². The number of methoxy groups -OCH3 is 3. The number of hydrogen-bond donors (Lipinski definition) is 1. The van der Waals surface area contributed by atoms with Crippen molar-refractivity contribution in [1.29, 1.82) is 0 Å². The van der Waals surface area contributed by atoms with E-state index in [0.717, 1.165) is 5.56 Å². The smallest absolute Gasteiger partial charge is 0.334 e. The van der Waals surface area contributed by atoms with Gasteiger partial charge in [-0.3, -0.25) is 4.79 Å². The Labute approximate surface area is 152 Å². The molecule has 8 nitrogen and oxygen atoms in total. The molecular weight excluding hydrogens is 342 g/mol. The largest absolute Gasteiger partial charge is 0.493 e. The number of ether oxygens (including phenoxy) is 4. The van der Waals surface area contributed by atoms with Crippen LogP contribution in [0.15, 0.2) is 12.1 Å². The number of amides is 1. The van der Waals surface area contributed by atoms with Gasteiger partial charge in [0.05, 0.1) is 34.0 Å². The Hall–Kier alpha value is -2.48. The molecule has 1 aliphatic rings. The van der Waals surface area contributed by atoms with E-state index in [1.165, 1.54) is 14.2 Å². The Morgan fingerprint density at radius 1 is 1.15 bits per heavy atom. The average Bonchev–Trinajstić information content (AvgIpc) is 2.64. The highest BCUT2D eigenvalue weighted by Gasteiger charge is 2.32. The van der Waals surface area contributed by atoms with Crippen LogP contribution in [0.3, 0.4) is 0 Å². The van der Waals surface area contributed by atoms with E-state index in [9.17, 15) is 9.59 Å². The quantitative estimate of drug-likeness (QED) is 0.777. The Morgan fingerprint density at radius 3 is 2.42 bits per heavy atom. The van der Waals surface area contributed by atoms with Gasteiger partial charge in [0.1, 0.15) is 0 Å². The number of aryl methyl sites for hydroxylation is 1. The highest BCUT2D eigenvalue weighted by atomic mass is 16.5. The maximum atomic E-state index is 12.5. The number of carboxylic acid groups (broad SMARTS) is 1. The molecule has 1 aromatic carbocycles. The molecule has 0 aliphatic carbocycles. The minimum Gasteiger partial charge on any atom is -0.493 e. The lowest BCUT2D eigenvalue weighted by atomic mass is 10.1. The lowest BCUT2D eigenvalue weighted by molar-refractivity contribution is -0.166. The molecule has 0 saturated carbocycles. The van der Waals surface area contributed by atoms with E-state index < -0.39 is 12.1 Å². The lowest BCUT2D eigenvalue weighted by Crippen LogP contribution is -2.51. The summed E-state index contributed by atoms with van der Waals surface area (Å²) in [6.45, 7) is 2.19. The number of carbonyl (C=O) groups is 2. The summed E-state index contributed by atoms with van der Waals surface area (Å²) < 4.78 is 21.4. The van der Waals surface area contributed by atoms with Crippen LogP contribution in [0.2, 0.25) is 0 Å². The second-order valence-corrected chi connectivity index (χ2v) is 6.07. The van der Waals surface area contributed by atoms with Gasteiger partial charge in [0.25, 0.3) is 0 Å². The lowest BCUT2D eigenvalue weighted by Gasteiger charge is -2.35. The molecule has 0 radical (unpaired) electrons. The predicted molar refractivity (Wildman–Crippen MR) is 93.0 cm³/mol. The zero-order chi connectivity index (χ0) is 19.3. The van der Waals surface area contributed by atoms with Crippen molar-refractivity contribution in [2.75, 3.05) is 34.4 Å². The summed E-state index contributed by atoms with van der Waals surface area (Å²) in [5.41, 5.74) is 0.814. The molecular formula is C18H25NO7. The summed E-state index contributed by atoms with van der Waals surface area (Å²) in [7, 11) is 4.60. The number of rotatable bonds is 7. The third kappa shape index (κ3) is 4.37. The molecule has 1 N–H and O–H groups in total. The Bertz CT molecular complexity index is 661. The molecule has 1 heterocycles. The monoisotopic (exact) mass is 367 g/mol. The second kappa shape index (κ2) is 8.75. The fraction of sp³-hybridized carbons (Fsp3) is 0.556. The van der Waals surface area contributed by atoms with Crippen molar-refractivity contribution in [2.45, 2.75) is 32.0 Å². The van der Waals surface area contributed by atoms with Gasteiger partial charge in [0, 0.05) is 13.0 Å². The minimum absolute atomic E-state index is 0.0571. The van der Waals surface area contributed by atoms with Crippen LogP contribution >= 0.6 is 0 Å². The van der Waals surface area contributed by atoms with Crippen LogP contribution < -0.4 is 14.2 Å². The molecule has 2 rings (SSSR count). The van der Waals surface area contributed by atoms with E-state index >= 15 is 0 Å². The van der Waals surface area contributed by atoms with Gasteiger partial charge in [-0.2, -0.15) is 0 Å². The van der Waals surface area contributed by atoms with Crippen molar-refractivity contribution in [3.63, 3.8) is 0 Å². The van der Waals surface area contributed by atoms with Gasteiger partial charge >= 0.3 is 5.97 Å². The molecule has 1 aliphatic heterocycles. The zero-order valence-corrected chi connectivity index (χ0v) is 15.5. The van der Waals surface area contributed by atoms with Crippen LogP contribution in [-0.2, 0) is 20.7 Å². The Morgan fingerprint density at radius 2 is 1.85 bits per heavy atom. The fourth-order valence-corrected chi connectivity index (χ4v) is 3.05. The molecule has 26 heavy (non-hydrogen) atoms. The van der Waals surface area contributed by atoms with Crippen molar-refractivity contribution >= 4 is 11.9 Å². The molecule has 2 atom stereocenters. The number of nitrogens with zero attached hydrogens (tertiary/aromatic N) is 1. The Kier molecular flexibility index (Phi) is 6.68. The standard InChI is InChI=1S/C18H25NO7/c1-11-9-19(10-14(26-11)18(21)22)15(20)8-6-12-5-7-13(23-2)17(25-4)16(12)24-3/h5,7,11,14H,6,8-10H2,1-4H3,(H,21,22)/t11-,14?/m1/s1. The first kappa shape index (κ1) is 19.8. The normalized spacial score (nSPS) is 19.8. The number of hydrogen-bond acceptors (Lipinski definition) is 6. The van der Waals surface area contributed by atoms with Crippen LogP contribution in [0.1, 0.15) is 18.9 Å². The molecule has 144 valence electrons. The van der Waals surface area contributed by atoms with Crippen molar-refractivity contribution in [3.8, 4) is 17.2 Å². The SMILES string of the molecule is COc1ccc(CCC(=O)N2CC(C(=O)O)O[C@H](C)C2)c(OC)c1OC. The van der Waals surface area contributed by atoms with Gasteiger partial charge in [0.15, 0.2) is 17.6 Å². The summed E-state index contributed by atoms with van der Waals surface area (Å²) in [5.74, 6) is 0.370. The number of benzene rings is 1. The summed E-state index contributed by atoms with van der Waals surface area (Å²) >= 11 is 0. The van der Waals surface area contributed by atoms with Crippen molar-refractivity contribution in [3.05, 3.63) is 17.7 Å². The van der Waals surface area contributed by atoms with Gasteiger partial charge in [-0.25, -0.2) is 4.79 Å². The highest BCUT2D eigenvalue weighted by molar-refractivity contribution is 5.79. The van der Waals surface area contributed by atoms with Crippen LogP contribution in [0.25, 0.3) is 0 Å². The number of carboxylic acids is 1. The zero-order valence-electron chi connectivity index (χ0n) is 15.5. The van der Waals surface area contributed by atoms with E-state index in [1.807, 2.05) is 6.07 Å². The third-order valence-electron chi connectivity index (χ3n) is 4.28. The second-order valence-electron chi connectivity index (χ2n) is 6.07. The molecule has 1 unspecified atom stereocenters. The number of carbonyl (C=O) groups excluding carboxylic acids is 1. The summed E-state index contributed by atoms with van der Waals surface area (Å²) in [4.78, 5) is 25.2. The minimum atomic E-state index is -1.06.